The van der Waals surface area contributed by atoms with E-state index in [2.05, 4.69) is 86.1 Å². The molecule has 1 spiro atoms. The molecule has 1 saturated carbocycles. The number of ether oxygens (including phenoxy) is 1. The first-order valence-electron chi connectivity index (χ1n) is 18.5. The number of nitrogens with one attached hydrogen (secondary N) is 4. The van der Waals surface area contributed by atoms with Crippen molar-refractivity contribution in [3.05, 3.63) is 66.6 Å². The van der Waals surface area contributed by atoms with Gasteiger partial charge in [-0.25, -0.2) is 0 Å². The highest BCUT2D eigenvalue weighted by molar-refractivity contribution is 6.08. The maximum absolute atomic E-state index is 13.9. The van der Waals surface area contributed by atoms with Crippen LogP contribution in [-0.2, 0) is 16.0 Å². The molecule has 2 heterocycles. The van der Waals surface area contributed by atoms with E-state index in [0.717, 1.165) is 93.9 Å². The Morgan fingerprint density at radius 3 is 2.40 bits per heavy atom. The monoisotopic (exact) mass is 661 g/mol. The third-order valence-electron chi connectivity index (χ3n) is 9.78. The van der Waals surface area contributed by atoms with Crippen LogP contribution in [0.1, 0.15) is 105 Å². The maximum Gasteiger partial charge on any atom is 0.257 e. The van der Waals surface area contributed by atoms with Gasteiger partial charge in [-0.2, -0.15) is 0 Å². The molecule has 0 radical (unpaired) electrons. The van der Waals surface area contributed by atoms with Crippen molar-refractivity contribution in [3.63, 3.8) is 0 Å². The third kappa shape index (κ3) is 11.3. The van der Waals surface area contributed by atoms with Crippen molar-refractivity contribution in [2.75, 3.05) is 36.4 Å². The normalized spacial score (nSPS) is 18.0. The summed E-state index contributed by atoms with van der Waals surface area (Å²) in [7, 11) is 0. The number of carbonyl (C=O) groups excluding carboxylic acids is 2. The summed E-state index contributed by atoms with van der Waals surface area (Å²) < 4.78 is 6.69. The van der Waals surface area contributed by atoms with E-state index < -0.39 is 0 Å². The average Bonchev–Trinajstić information content (AvgIpc) is 3.84. The molecule has 2 fully saturated rings. The predicted octanol–water partition coefficient (Wildman–Crippen LogP) is 7.79. The van der Waals surface area contributed by atoms with Gasteiger partial charge in [-0.1, -0.05) is 73.3 Å². The topological polar surface area (TPSA) is 94.7 Å². The van der Waals surface area contributed by atoms with Crippen LogP contribution < -0.4 is 30.9 Å². The molecule has 0 aromatic heterocycles. The first-order chi connectivity index (χ1) is 23.1. The van der Waals surface area contributed by atoms with Gasteiger partial charge >= 0.3 is 0 Å². The predicted molar refractivity (Wildman–Crippen MR) is 201 cm³/mol. The quantitative estimate of drug-likeness (QED) is 0.101. The summed E-state index contributed by atoms with van der Waals surface area (Å²) in [5.41, 5.74) is 4.34. The molecule has 1 saturated heterocycles. The minimum Gasteiger partial charge on any atom is -0.486 e. The van der Waals surface area contributed by atoms with E-state index in [1.807, 2.05) is 19.2 Å². The molecule has 4 N–H and O–H groups in total. The Hall–Kier alpha value is -3.52. The van der Waals surface area contributed by atoms with Crippen LogP contribution in [0.15, 0.2) is 61.0 Å². The van der Waals surface area contributed by atoms with Crippen LogP contribution in [0.2, 0.25) is 0 Å². The molecular formula is C40H63N5O3. The Bertz CT molecular complexity index is 1290. The first kappa shape index (κ1) is 38.9. The number of piperidine rings is 1. The highest BCUT2D eigenvalue weighted by Crippen LogP contribution is 2.45. The number of amides is 2. The van der Waals surface area contributed by atoms with Crippen LogP contribution in [0.3, 0.4) is 0 Å². The van der Waals surface area contributed by atoms with Gasteiger partial charge in [0, 0.05) is 55.5 Å². The summed E-state index contributed by atoms with van der Waals surface area (Å²) in [6, 6.07) is 4.88. The third-order valence-corrected chi connectivity index (χ3v) is 9.78. The molecular weight excluding hydrogens is 598 g/mol. The van der Waals surface area contributed by atoms with Gasteiger partial charge in [-0.3, -0.25) is 9.59 Å². The zero-order valence-corrected chi connectivity index (χ0v) is 30.7. The molecule has 2 atom stereocenters. The van der Waals surface area contributed by atoms with Crippen LogP contribution >= 0.6 is 0 Å². The number of hydrogen-bond acceptors (Lipinski definition) is 6. The molecule has 2 aliphatic heterocycles. The van der Waals surface area contributed by atoms with Crippen molar-refractivity contribution in [1.82, 2.24) is 16.0 Å². The number of hydrogen-bond donors (Lipinski definition) is 4. The maximum atomic E-state index is 13.9. The Labute approximate surface area is 290 Å². The zero-order chi connectivity index (χ0) is 35.1. The molecule has 1 aliphatic carbocycles. The molecule has 8 nitrogen and oxygen atoms in total. The molecule has 2 amide bonds. The van der Waals surface area contributed by atoms with Gasteiger partial charge in [0.1, 0.15) is 11.4 Å². The van der Waals surface area contributed by atoms with Crippen molar-refractivity contribution >= 4 is 23.2 Å². The van der Waals surface area contributed by atoms with Gasteiger partial charge in [0.15, 0.2) is 0 Å². The average molecular weight is 662 g/mol. The van der Waals surface area contributed by atoms with E-state index in [9.17, 15) is 9.59 Å². The summed E-state index contributed by atoms with van der Waals surface area (Å²) in [6.07, 6.45) is 17.1. The summed E-state index contributed by atoms with van der Waals surface area (Å²) in [6.45, 7) is 24.5. The first-order valence-corrected chi connectivity index (χ1v) is 18.5. The number of fused-ring (bicyclic) bond motifs is 1. The van der Waals surface area contributed by atoms with Crippen molar-refractivity contribution < 1.29 is 14.3 Å². The van der Waals surface area contributed by atoms with Crippen molar-refractivity contribution in [3.8, 4) is 5.75 Å². The van der Waals surface area contributed by atoms with Gasteiger partial charge in [0.25, 0.3) is 5.91 Å². The summed E-state index contributed by atoms with van der Waals surface area (Å²) >= 11 is 0. The molecule has 2 unspecified atom stereocenters. The van der Waals surface area contributed by atoms with Gasteiger partial charge in [-0.15, -0.1) is 0 Å². The Balaban J connectivity index is 0.000000681. The molecule has 1 aromatic rings. The van der Waals surface area contributed by atoms with Crippen molar-refractivity contribution in [1.29, 1.82) is 0 Å². The van der Waals surface area contributed by atoms with E-state index in [1.54, 1.807) is 12.2 Å². The second-order valence-electron chi connectivity index (χ2n) is 13.7. The van der Waals surface area contributed by atoms with Crippen LogP contribution in [0, 0.1) is 11.8 Å². The van der Waals surface area contributed by atoms with Crippen LogP contribution in [0.5, 0.6) is 5.75 Å². The summed E-state index contributed by atoms with van der Waals surface area (Å²) in [5.74, 6) is 1.81. The highest BCUT2D eigenvalue weighted by atomic mass is 16.5. The fourth-order valence-corrected chi connectivity index (χ4v) is 6.16. The second kappa shape index (κ2) is 19.5. The number of carbonyl (C=O) groups is 2. The molecule has 3 aliphatic rings. The number of allylic oxidation sites excluding steroid dienone is 3. The second-order valence-corrected chi connectivity index (χ2v) is 13.7. The lowest BCUT2D eigenvalue weighted by molar-refractivity contribution is -0.120. The summed E-state index contributed by atoms with van der Waals surface area (Å²) in [4.78, 5) is 26.9. The lowest BCUT2D eigenvalue weighted by atomic mass is 9.88. The number of rotatable bonds is 17. The van der Waals surface area contributed by atoms with Gasteiger partial charge < -0.3 is 30.9 Å². The summed E-state index contributed by atoms with van der Waals surface area (Å²) in [5, 5.41) is 13.0. The van der Waals surface area contributed by atoms with Gasteiger partial charge in [0.2, 0.25) is 5.91 Å². The molecule has 8 heteroatoms. The minimum atomic E-state index is -0.153. The standard InChI is InChI=1S/C34H52N4O2.C6H11NO/c1-8-13-17-36-32(26(7)11-4)28(12-5)33(39)37-29-22-27-24-34(15-18-35-19-16-34)40-31(27)23-30(29)38(20-9-2)21-14-25(6)10-3;1-2-6(8)7-5-3-4-5/h8,12-13,17,22-23,25-26,35-36H,1,5,9-11,14-16,18-21,24H2,2-4,6-7H3,(H,37,39);5H,2-4H2,1H3,(H,7,8)/b17-13-,32-28+;. The fraction of sp³-hybridized carbons (Fsp3) is 0.600. The van der Waals surface area contributed by atoms with E-state index in [1.165, 1.54) is 18.4 Å². The number of benzene rings is 1. The molecule has 266 valence electrons. The fourth-order valence-electron chi connectivity index (χ4n) is 6.16. The lowest BCUT2D eigenvalue weighted by Gasteiger charge is -2.33. The van der Waals surface area contributed by atoms with Gasteiger partial charge in [0.05, 0.1) is 16.9 Å². The number of anilines is 2. The highest BCUT2D eigenvalue weighted by Gasteiger charge is 2.41. The van der Waals surface area contributed by atoms with E-state index in [0.29, 0.717) is 24.0 Å². The Kier molecular flexibility index (Phi) is 15.8. The zero-order valence-electron chi connectivity index (χ0n) is 30.7. The molecule has 1 aromatic carbocycles. The molecule has 48 heavy (non-hydrogen) atoms. The van der Waals surface area contributed by atoms with E-state index >= 15 is 0 Å². The van der Waals surface area contributed by atoms with Crippen LogP contribution in [0.25, 0.3) is 0 Å². The number of nitrogens with zero attached hydrogens (tertiary/aromatic N) is 1. The van der Waals surface area contributed by atoms with Crippen LogP contribution in [0.4, 0.5) is 11.4 Å². The van der Waals surface area contributed by atoms with E-state index in [-0.39, 0.29) is 23.3 Å². The van der Waals surface area contributed by atoms with Gasteiger partial charge in [-0.05, 0) is 82.0 Å². The SMILES string of the molecule is C=C/C=C\N/C(=C(\C=C)C(=O)Nc1cc2c(cc1N(CCC)CCC(C)CC)OC1(CCNCC1)C2)C(C)CC.CCC(=O)NC1CC1. The minimum absolute atomic E-state index is 0.142. The lowest BCUT2D eigenvalue weighted by Crippen LogP contribution is -2.45. The Morgan fingerprint density at radius 2 is 1.81 bits per heavy atom. The van der Waals surface area contributed by atoms with E-state index in [4.69, 9.17) is 4.74 Å². The smallest absolute Gasteiger partial charge is 0.257 e. The van der Waals surface area contributed by atoms with Crippen molar-refractivity contribution in [2.45, 2.75) is 117 Å². The van der Waals surface area contributed by atoms with Crippen LogP contribution in [-0.4, -0.2) is 49.6 Å². The largest absolute Gasteiger partial charge is 0.486 e. The van der Waals surface area contributed by atoms with Crippen molar-refractivity contribution in [2.24, 2.45) is 11.8 Å². The molecule has 4 rings (SSSR count). The Morgan fingerprint density at radius 1 is 1.08 bits per heavy atom. The molecule has 0 bridgehead atoms.